The van der Waals surface area contributed by atoms with Crippen LogP contribution >= 0.6 is 11.8 Å². The number of hydrogen-bond acceptors (Lipinski definition) is 4. The summed E-state index contributed by atoms with van der Waals surface area (Å²) in [6.45, 7) is 3.85. The lowest BCUT2D eigenvalue weighted by Gasteiger charge is -2.28. The van der Waals surface area contributed by atoms with Crippen molar-refractivity contribution in [1.29, 1.82) is 0 Å². The first-order chi connectivity index (χ1) is 8.57. The Kier molecular flexibility index (Phi) is 5.44. The van der Waals surface area contributed by atoms with Crippen molar-refractivity contribution in [2.45, 2.75) is 18.8 Å². The number of nitrogens with two attached hydrogens (primary N) is 1. The van der Waals surface area contributed by atoms with E-state index < -0.39 is 4.93 Å². The van der Waals surface area contributed by atoms with Crippen LogP contribution in [0.2, 0.25) is 0 Å². The first kappa shape index (κ1) is 14.8. The van der Waals surface area contributed by atoms with E-state index in [9.17, 15) is 0 Å². The quantitative estimate of drug-likeness (QED) is 0.516. The third kappa shape index (κ3) is 3.37. The molecule has 98 valence electrons. The van der Waals surface area contributed by atoms with E-state index in [1.807, 2.05) is 50.3 Å². The van der Waals surface area contributed by atoms with Gasteiger partial charge in [-0.1, -0.05) is 48.2 Å². The molecule has 0 fully saturated rings. The summed E-state index contributed by atoms with van der Waals surface area (Å²) in [4.78, 5) is 3.73. The SMILES string of the molecule is C/C=C(/N)C(C)(OC)S/C(=N\C)c1ccccc1. The fourth-order valence-electron chi connectivity index (χ4n) is 1.48. The minimum atomic E-state index is -0.598. The first-order valence-electron chi connectivity index (χ1n) is 5.76. The molecule has 18 heavy (non-hydrogen) atoms. The van der Waals surface area contributed by atoms with E-state index in [0.717, 1.165) is 10.6 Å². The smallest absolute Gasteiger partial charge is 0.155 e. The Balaban J connectivity index is 3.00. The average molecular weight is 264 g/mol. The van der Waals surface area contributed by atoms with Crippen molar-refractivity contribution >= 4 is 16.8 Å². The second-order valence-corrected chi connectivity index (χ2v) is 5.26. The Morgan fingerprint density at radius 3 is 2.44 bits per heavy atom. The Labute approximate surface area is 113 Å². The van der Waals surface area contributed by atoms with Gasteiger partial charge in [0.2, 0.25) is 0 Å². The molecule has 3 nitrogen and oxygen atoms in total. The highest BCUT2D eigenvalue weighted by Gasteiger charge is 2.30. The number of ether oxygens (including phenoxy) is 1. The zero-order valence-electron chi connectivity index (χ0n) is 11.3. The van der Waals surface area contributed by atoms with Crippen LogP contribution in [0, 0.1) is 0 Å². The third-order valence-corrected chi connectivity index (χ3v) is 4.14. The van der Waals surface area contributed by atoms with Crippen molar-refractivity contribution in [3.8, 4) is 0 Å². The second kappa shape index (κ2) is 6.61. The van der Waals surface area contributed by atoms with Gasteiger partial charge in [-0.25, -0.2) is 0 Å². The fourth-order valence-corrected chi connectivity index (χ4v) is 2.51. The van der Waals surface area contributed by atoms with E-state index in [1.54, 1.807) is 14.2 Å². The van der Waals surface area contributed by atoms with Crippen LogP contribution in [0.5, 0.6) is 0 Å². The molecule has 0 spiro atoms. The fraction of sp³-hybridized carbons (Fsp3) is 0.357. The lowest BCUT2D eigenvalue weighted by atomic mass is 10.2. The monoisotopic (exact) mass is 264 g/mol. The van der Waals surface area contributed by atoms with Gasteiger partial charge in [-0.2, -0.15) is 0 Å². The number of methoxy groups -OCH3 is 1. The van der Waals surface area contributed by atoms with E-state index in [4.69, 9.17) is 10.5 Å². The number of hydrogen-bond donors (Lipinski definition) is 1. The Morgan fingerprint density at radius 2 is 2.00 bits per heavy atom. The van der Waals surface area contributed by atoms with Crippen molar-refractivity contribution in [3.05, 3.63) is 47.7 Å². The summed E-state index contributed by atoms with van der Waals surface area (Å²) >= 11 is 1.51. The predicted octanol–water partition coefficient (Wildman–Crippen LogP) is 3.02. The lowest BCUT2D eigenvalue weighted by Crippen LogP contribution is -2.32. The molecule has 1 unspecified atom stereocenters. The molecule has 1 rings (SSSR count). The standard InChI is InChI=1S/C14H20N2OS/c1-5-12(15)14(2,17-4)18-13(16-3)11-9-7-6-8-10-11/h5-10H,15H2,1-4H3/b12-5+,16-13-. The third-order valence-electron chi connectivity index (χ3n) is 2.74. The van der Waals surface area contributed by atoms with Crippen LogP contribution in [-0.2, 0) is 4.74 Å². The largest absolute Gasteiger partial charge is 0.399 e. The number of benzene rings is 1. The first-order valence-corrected chi connectivity index (χ1v) is 6.57. The molecule has 0 aliphatic heterocycles. The summed E-state index contributed by atoms with van der Waals surface area (Å²) in [5.41, 5.74) is 7.76. The normalized spacial score (nSPS) is 16.4. The van der Waals surface area contributed by atoms with Gasteiger partial charge in [0.1, 0.15) is 5.04 Å². The van der Waals surface area contributed by atoms with Gasteiger partial charge < -0.3 is 10.5 Å². The maximum Gasteiger partial charge on any atom is 0.155 e. The van der Waals surface area contributed by atoms with Crippen LogP contribution < -0.4 is 5.73 Å². The molecule has 0 saturated carbocycles. The van der Waals surface area contributed by atoms with Gasteiger partial charge in [0.15, 0.2) is 4.93 Å². The molecular formula is C14H20N2OS. The van der Waals surface area contributed by atoms with Crippen LogP contribution in [0.4, 0.5) is 0 Å². The number of nitrogens with zero attached hydrogens (tertiary/aromatic N) is 1. The lowest BCUT2D eigenvalue weighted by molar-refractivity contribution is 0.117. The molecule has 2 N–H and O–H groups in total. The molecule has 0 aliphatic carbocycles. The van der Waals surface area contributed by atoms with Crippen LogP contribution in [0.25, 0.3) is 0 Å². The maximum absolute atomic E-state index is 6.00. The molecule has 1 aromatic rings. The summed E-state index contributed by atoms with van der Waals surface area (Å²) in [7, 11) is 3.43. The summed E-state index contributed by atoms with van der Waals surface area (Å²) in [6.07, 6.45) is 1.86. The second-order valence-electron chi connectivity index (χ2n) is 3.89. The van der Waals surface area contributed by atoms with Gasteiger partial charge in [-0.15, -0.1) is 0 Å². The van der Waals surface area contributed by atoms with E-state index >= 15 is 0 Å². The van der Waals surface area contributed by atoms with Gasteiger partial charge in [0.25, 0.3) is 0 Å². The van der Waals surface area contributed by atoms with Gasteiger partial charge in [-0.05, 0) is 13.8 Å². The molecule has 1 aromatic carbocycles. The number of aliphatic imine (C=N–C) groups is 1. The van der Waals surface area contributed by atoms with E-state index in [-0.39, 0.29) is 0 Å². The summed E-state index contributed by atoms with van der Waals surface area (Å²) < 4.78 is 5.53. The molecule has 4 heteroatoms. The summed E-state index contributed by atoms with van der Waals surface area (Å²) in [5.74, 6) is 0. The molecule has 0 aromatic heterocycles. The van der Waals surface area contributed by atoms with Crippen LogP contribution in [0.15, 0.2) is 47.1 Å². The van der Waals surface area contributed by atoms with Gasteiger partial charge >= 0.3 is 0 Å². The van der Waals surface area contributed by atoms with Crippen LogP contribution in [-0.4, -0.2) is 24.1 Å². The molecule has 0 saturated heterocycles. The van der Waals surface area contributed by atoms with Crippen LogP contribution in [0.1, 0.15) is 19.4 Å². The Morgan fingerprint density at radius 1 is 1.39 bits per heavy atom. The molecular weight excluding hydrogens is 244 g/mol. The van der Waals surface area contributed by atoms with Gasteiger partial charge in [0, 0.05) is 25.4 Å². The van der Waals surface area contributed by atoms with Crippen LogP contribution in [0.3, 0.4) is 0 Å². The van der Waals surface area contributed by atoms with Crippen molar-refractivity contribution in [2.24, 2.45) is 10.7 Å². The summed E-state index contributed by atoms with van der Waals surface area (Å²) in [6, 6.07) is 10.0. The number of rotatable bonds is 4. The highest BCUT2D eigenvalue weighted by Crippen LogP contribution is 2.34. The topological polar surface area (TPSA) is 47.6 Å². The number of thioether (sulfide) groups is 1. The minimum Gasteiger partial charge on any atom is -0.399 e. The van der Waals surface area contributed by atoms with Gasteiger partial charge in [-0.3, -0.25) is 4.99 Å². The van der Waals surface area contributed by atoms with E-state index in [1.165, 1.54) is 11.8 Å². The van der Waals surface area contributed by atoms with E-state index in [0.29, 0.717) is 5.70 Å². The highest BCUT2D eigenvalue weighted by atomic mass is 32.2. The molecule has 0 radical (unpaired) electrons. The molecule has 0 aliphatic rings. The van der Waals surface area contributed by atoms with Crippen molar-refractivity contribution in [1.82, 2.24) is 0 Å². The molecule has 0 heterocycles. The zero-order valence-corrected chi connectivity index (χ0v) is 12.1. The zero-order chi connectivity index (χ0) is 13.6. The van der Waals surface area contributed by atoms with Crippen molar-refractivity contribution in [2.75, 3.05) is 14.2 Å². The maximum atomic E-state index is 6.00. The molecule has 0 bridgehead atoms. The van der Waals surface area contributed by atoms with Crippen molar-refractivity contribution in [3.63, 3.8) is 0 Å². The average Bonchev–Trinajstić information content (AvgIpc) is 2.44. The molecule has 1 atom stereocenters. The highest BCUT2D eigenvalue weighted by molar-refractivity contribution is 8.15. The minimum absolute atomic E-state index is 0.598. The molecule has 0 amide bonds. The van der Waals surface area contributed by atoms with Gasteiger partial charge in [0.05, 0.1) is 0 Å². The van der Waals surface area contributed by atoms with Crippen molar-refractivity contribution < 1.29 is 4.74 Å². The number of allylic oxidation sites excluding steroid dienone is 1. The van der Waals surface area contributed by atoms with E-state index in [2.05, 4.69) is 4.99 Å². The predicted molar refractivity (Wildman–Crippen MR) is 79.9 cm³/mol. The Hall–Kier alpha value is -1.26. The summed E-state index contributed by atoms with van der Waals surface area (Å²) in [5, 5.41) is 0.907. The Bertz CT molecular complexity index is 442.